The van der Waals surface area contributed by atoms with Gasteiger partial charge >= 0.3 is 0 Å². The van der Waals surface area contributed by atoms with Crippen LogP contribution in [0.4, 0.5) is 4.39 Å². The third-order valence-corrected chi connectivity index (χ3v) is 3.78. The minimum atomic E-state index is -0.254. The zero-order valence-corrected chi connectivity index (χ0v) is 11.2. The van der Waals surface area contributed by atoms with Crippen molar-refractivity contribution in [3.8, 4) is 5.75 Å². The van der Waals surface area contributed by atoms with Gasteiger partial charge in [0.1, 0.15) is 0 Å². The van der Waals surface area contributed by atoms with Crippen molar-refractivity contribution >= 4 is 0 Å². The average Bonchev–Trinajstić information content (AvgIpc) is 2.84. The van der Waals surface area contributed by atoms with Crippen LogP contribution >= 0.6 is 0 Å². The molecule has 3 heteroatoms. The lowest BCUT2D eigenvalue weighted by Crippen LogP contribution is -2.31. The predicted molar refractivity (Wildman–Crippen MR) is 71.6 cm³/mol. The minimum absolute atomic E-state index is 0.254. The van der Waals surface area contributed by atoms with Gasteiger partial charge < -0.3 is 10.1 Å². The van der Waals surface area contributed by atoms with Crippen molar-refractivity contribution in [2.75, 3.05) is 13.7 Å². The van der Waals surface area contributed by atoms with E-state index in [-0.39, 0.29) is 5.82 Å². The first-order chi connectivity index (χ1) is 8.76. The highest BCUT2D eigenvalue weighted by Gasteiger charge is 2.28. The van der Waals surface area contributed by atoms with Gasteiger partial charge in [0.2, 0.25) is 0 Å². The summed E-state index contributed by atoms with van der Waals surface area (Å²) >= 11 is 0. The Bertz CT molecular complexity index is 394. The zero-order chi connectivity index (χ0) is 13.0. The number of methoxy groups -OCH3 is 1. The van der Waals surface area contributed by atoms with Gasteiger partial charge in [-0.15, -0.1) is 0 Å². The fourth-order valence-electron chi connectivity index (χ4n) is 2.85. The molecule has 0 bridgehead atoms. The molecule has 1 saturated carbocycles. The lowest BCUT2D eigenvalue weighted by molar-refractivity contribution is 0.385. The maximum Gasteiger partial charge on any atom is 0.165 e. The summed E-state index contributed by atoms with van der Waals surface area (Å²) in [5, 5.41) is 3.57. The number of ether oxygens (including phenoxy) is 1. The van der Waals surface area contributed by atoms with Gasteiger partial charge in [-0.1, -0.05) is 19.4 Å². The van der Waals surface area contributed by atoms with E-state index in [1.165, 1.54) is 20.0 Å². The summed E-state index contributed by atoms with van der Waals surface area (Å²) in [6.07, 6.45) is 4.70. The van der Waals surface area contributed by atoms with Crippen molar-refractivity contribution in [1.82, 2.24) is 5.32 Å². The quantitative estimate of drug-likeness (QED) is 0.865. The molecule has 1 N–H and O–H groups in total. The molecule has 2 unspecified atom stereocenters. The van der Waals surface area contributed by atoms with Gasteiger partial charge in [0, 0.05) is 6.04 Å². The summed E-state index contributed by atoms with van der Waals surface area (Å²) < 4.78 is 18.7. The lowest BCUT2D eigenvalue weighted by Gasteiger charge is -2.21. The van der Waals surface area contributed by atoms with E-state index in [4.69, 9.17) is 4.74 Å². The molecule has 18 heavy (non-hydrogen) atoms. The first-order valence-corrected chi connectivity index (χ1v) is 6.83. The van der Waals surface area contributed by atoms with Crippen LogP contribution in [-0.2, 0) is 0 Å². The normalized spacial score (nSPS) is 23.3. The third-order valence-electron chi connectivity index (χ3n) is 3.78. The highest BCUT2D eigenvalue weighted by Crippen LogP contribution is 2.36. The summed E-state index contributed by atoms with van der Waals surface area (Å²) in [5.74, 6) is 0.517. The van der Waals surface area contributed by atoms with Crippen molar-refractivity contribution in [2.24, 2.45) is 0 Å². The Labute approximate surface area is 109 Å². The molecule has 2 nitrogen and oxygen atoms in total. The SMILES string of the molecule is CCCNC1CCCC1c1ccc(OC)c(F)c1. The Morgan fingerprint density at radius 2 is 2.22 bits per heavy atom. The molecule has 1 fully saturated rings. The maximum absolute atomic E-state index is 13.7. The van der Waals surface area contributed by atoms with Crippen LogP contribution in [-0.4, -0.2) is 19.7 Å². The molecular weight excluding hydrogens is 229 g/mol. The number of rotatable bonds is 5. The average molecular weight is 251 g/mol. The largest absolute Gasteiger partial charge is 0.494 e. The number of nitrogens with one attached hydrogen (secondary N) is 1. The van der Waals surface area contributed by atoms with E-state index in [0.29, 0.717) is 17.7 Å². The molecule has 0 saturated heterocycles. The van der Waals surface area contributed by atoms with Crippen molar-refractivity contribution in [1.29, 1.82) is 0 Å². The monoisotopic (exact) mass is 251 g/mol. The maximum atomic E-state index is 13.7. The molecular formula is C15H22FNO. The van der Waals surface area contributed by atoms with Crippen molar-refractivity contribution in [3.05, 3.63) is 29.6 Å². The third kappa shape index (κ3) is 2.83. The fraction of sp³-hybridized carbons (Fsp3) is 0.600. The molecule has 2 rings (SSSR count). The molecule has 0 aromatic heterocycles. The smallest absolute Gasteiger partial charge is 0.165 e. The van der Waals surface area contributed by atoms with Crippen LogP contribution in [0.15, 0.2) is 18.2 Å². The van der Waals surface area contributed by atoms with Crippen LogP contribution in [0.3, 0.4) is 0 Å². The van der Waals surface area contributed by atoms with Crippen LogP contribution in [0.25, 0.3) is 0 Å². The number of benzene rings is 1. The van der Waals surface area contributed by atoms with Gasteiger partial charge in [-0.2, -0.15) is 0 Å². The van der Waals surface area contributed by atoms with Crippen LogP contribution in [0.5, 0.6) is 5.75 Å². The number of halogens is 1. The van der Waals surface area contributed by atoms with Crippen molar-refractivity contribution in [3.63, 3.8) is 0 Å². The second-order valence-corrected chi connectivity index (χ2v) is 4.99. The Kier molecular flexibility index (Phi) is 4.59. The summed E-state index contributed by atoms with van der Waals surface area (Å²) in [5.41, 5.74) is 1.10. The van der Waals surface area contributed by atoms with E-state index in [0.717, 1.165) is 24.9 Å². The van der Waals surface area contributed by atoms with E-state index in [1.54, 1.807) is 12.1 Å². The molecule has 0 radical (unpaired) electrons. The number of hydrogen-bond acceptors (Lipinski definition) is 2. The Balaban J connectivity index is 2.12. The highest BCUT2D eigenvalue weighted by atomic mass is 19.1. The van der Waals surface area contributed by atoms with E-state index >= 15 is 0 Å². The molecule has 0 heterocycles. The van der Waals surface area contributed by atoms with Crippen LogP contribution in [0.2, 0.25) is 0 Å². The van der Waals surface area contributed by atoms with Gasteiger partial charge in [0.15, 0.2) is 11.6 Å². The first-order valence-electron chi connectivity index (χ1n) is 6.83. The zero-order valence-electron chi connectivity index (χ0n) is 11.2. The van der Waals surface area contributed by atoms with Crippen molar-refractivity contribution < 1.29 is 9.13 Å². The molecule has 0 aliphatic heterocycles. The lowest BCUT2D eigenvalue weighted by atomic mass is 9.93. The molecule has 0 spiro atoms. The van der Waals surface area contributed by atoms with E-state index in [2.05, 4.69) is 12.2 Å². The molecule has 100 valence electrons. The second kappa shape index (κ2) is 6.19. The van der Waals surface area contributed by atoms with Gasteiger partial charge in [-0.05, 0) is 49.4 Å². The molecule has 1 aromatic rings. The summed E-state index contributed by atoms with van der Waals surface area (Å²) in [7, 11) is 1.50. The highest BCUT2D eigenvalue weighted by molar-refractivity contribution is 5.32. The summed E-state index contributed by atoms with van der Waals surface area (Å²) in [4.78, 5) is 0. The van der Waals surface area contributed by atoms with Gasteiger partial charge in [-0.25, -0.2) is 4.39 Å². The molecule has 0 amide bonds. The minimum Gasteiger partial charge on any atom is -0.494 e. The summed E-state index contributed by atoms with van der Waals surface area (Å²) in [6, 6.07) is 5.87. The molecule has 1 aliphatic carbocycles. The predicted octanol–water partition coefficient (Wildman–Crippen LogP) is 3.47. The van der Waals surface area contributed by atoms with Crippen LogP contribution < -0.4 is 10.1 Å². The standard InChI is InChI=1S/C15H22FNO/c1-3-9-17-14-6-4-5-12(14)11-7-8-15(18-2)13(16)10-11/h7-8,10,12,14,17H,3-6,9H2,1-2H3. The van der Waals surface area contributed by atoms with E-state index in [1.807, 2.05) is 6.07 Å². The van der Waals surface area contributed by atoms with Crippen LogP contribution in [0.1, 0.15) is 44.1 Å². The Hall–Kier alpha value is -1.09. The second-order valence-electron chi connectivity index (χ2n) is 4.99. The number of hydrogen-bond donors (Lipinski definition) is 1. The summed E-state index contributed by atoms with van der Waals surface area (Å²) in [6.45, 7) is 3.21. The van der Waals surface area contributed by atoms with Gasteiger partial charge in [-0.3, -0.25) is 0 Å². The Morgan fingerprint density at radius 3 is 2.89 bits per heavy atom. The van der Waals surface area contributed by atoms with E-state index in [9.17, 15) is 4.39 Å². The van der Waals surface area contributed by atoms with Gasteiger partial charge in [0.05, 0.1) is 7.11 Å². The topological polar surface area (TPSA) is 21.3 Å². The van der Waals surface area contributed by atoms with Gasteiger partial charge in [0.25, 0.3) is 0 Å². The van der Waals surface area contributed by atoms with Crippen molar-refractivity contribution in [2.45, 2.75) is 44.6 Å². The Morgan fingerprint density at radius 1 is 1.39 bits per heavy atom. The van der Waals surface area contributed by atoms with Crippen LogP contribution in [0, 0.1) is 5.82 Å². The first kappa shape index (κ1) is 13.3. The molecule has 1 aromatic carbocycles. The van der Waals surface area contributed by atoms with E-state index < -0.39 is 0 Å². The molecule has 1 aliphatic rings. The molecule has 2 atom stereocenters. The fourth-order valence-corrected chi connectivity index (χ4v) is 2.85.